The molecule has 5 nitrogen and oxygen atoms in total. The van der Waals surface area contributed by atoms with Gasteiger partial charge in [0.2, 0.25) is 0 Å². The number of methoxy groups -OCH3 is 1. The summed E-state index contributed by atoms with van der Waals surface area (Å²) in [6.45, 7) is 2.87. The van der Waals surface area contributed by atoms with Gasteiger partial charge in [0.05, 0.1) is 29.4 Å². The number of ether oxygens (including phenoxy) is 1. The van der Waals surface area contributed by atoms with Gasteiger partial charge >= 0.3 is 0 Å². The van der Waals surface area contributed by atoms with Crippen LogP contribution in [0.5, 0.6) is 5.75 Å². The number of rotatable bonds is 8. The smallest absolute Gasteiger partial charge is 0.191 e. The number of aromatic nitrogens is 1. The average Bonchev–Trinajstić information content (AvgIpc) is 3.57. The highest BCUT2D eigenvalue weighted by molar-refractivity contribution is 6.02. The van der Waals surface area contributed by atoms with Crippen LogP contribution in [0.3, 0.4) is 0 Å². The molecule has 1 aliphatic carbocycles. The Hall–Kier alpha value is -2.95. The Balaban J connectivity index is 1.72. The summed E-state index contributed by atoms with van der Waals surface area (Å²) in [5.41, 5.74) is 11.1. The largest absolute Gasteiger partial charge is 0.492 e. The zero-order chi connectivity index (χ0) is 20.4. The van der Waals surface area contributed by atoms with Crippen molar-refractivity contribution < 1.29 is 4.74 Å². The van der Waals surface area contributed by atoms with Crippen LogP contribution in [0.4, 0.5) is 11.4 Å². The van der Waals surface area contributed by atoms with Gasteiger partial charge in [-0.1, -0.05) is 37.3 Å². The molecule has 5 heteroatoms. The molecule has 29 heavy (non-hydrogen) atoms. The molecule has 1 saturated carbocycles. The Morgan fingerprint density at radius 1 is 1.21 bits per heavy atom. The van der Waals surface area contributed by atoms with E-state index >= 15 is 0 Å². The number of hydrogen-bond donors (Lipinski definition) is 2. The monoisotopic (exact) mass is 391 g/mol. The maximum Gasteiger partial charge on any atom is 0.191 e. The maximum atomic E-state index is 12.7. The van der Waals surface area contributed by atoms with E-state index in [2.05, 4.69) is 41.1 Å². The lowest BCUT2D eigenvalue weighted by molar-refractivity contribution is 0.418. The number of fused-ring (bicyclic) bond motifs is 1. The van der Waals surface area contributed by atoms with Gasteiger partial charge in [-0.2, -0.15) is 0 Å². The first-order valence-corrected chi connectivity index (χ1v) is 10.5. The van der Waals surface area contributed by atoms with Crippen LogP contribution in [0, 0.1) is 0 Å². The summed E-state index contributed by atoms with van der Waals surface area (Å²) in [5.74, 6) is 0.732. The number of benzene rings is 2. The van der Waals surface area contributed by atoms with Crippen molar-refractivity contribution in [3.8, 4) is 5.75 Å². The Morgan fingerprint density at radius 2 is 1.97 bits per heavy atom. The van der Waals surface area contributed by atoms with E-state index in [0.29, 0.717) is 17.1 Å². The quantitative estimate of drug-likeness (QED) is 0.437. The minimum absolute atomic E-state index is 0.0435. The standard InChI is InChI=1S/C24H29N3O2/c1-3-18-21(25)20-19(28)13-15-27(17-11-12-17)23(20)24(29-2)22(18)26-14-7-10-16-8-5-4-6-9-16/h4-6,8-9,13,15,17,26H,3,7,10-12,14,25H2,1-2H3. The fraction of sp³-hybridized carbons (Fsp3) is 0.375. The molecule has 0 atom stereocenters. The van der Waals surface area contributed by atoms with Gasteiger partial charge in [0.15, 0.2) is 11.2 Å². The van der Waals surface area contributed by atoms with Gasteiger partial charge in [-0.3, -0.25) is 4.79 Å². The topological polar surface area (TPSA) is 69.3 Å². The molecule has 1 aliphatic rings. The first kappa shape index (κ1) is 19.4. The SMILES string of the molecule is CCc1c(NCCCc2ccccc2)c(OC)c2c(c1N)c(=O)ccn2C1CC1. The predicted octanol–water partition coefficient (Wildman–Crippen LogP) is 4.53. The molecule has 0 aliphatic heterocycles. The minimum Gasteiger partial charge on any atom is -0.492 e. The van der Waals surface area contributed by atoms with Crippen LogP contribution in [0.2, 0.25) is 0 Å². The third-order valence-corrected chi connectivity index (χ3v) is 5.75. The second-order valence-corrected chi connectivity index (χ2v) is 7.71. The van der Waals surface area contributed by atoms with E-state index in [0.717, 1.165) is 61.2 Å². The fourth-order valence-corrected chi connectivity index (χ4v) is 4.14. The molecule has 0 amide bonds. The summed E-state index contributed by atoms with van der Waals surface area (Å²) in [7, 11) is 1.67. The molecule has 152 valence electrons. The van der Waals surface area contributed by atoms with Crippen molar-refractivity contribution >= 4 is 22.3 Å². The molecule has 0 bridgehead atoms. The van der Waals surface area contributed by atoms with Crippen molar-refractivity contribution in [3.63, 3.8) is 0 Å². The molecule has 3 aromatic rings. The first-order valence-electron chi connectivity index (χ1n) is 10.5. The van der Waals surface area contributed by atoms with Crippen LogP contribution < -0.4 is 21.2 Å². The lowest BCUT2D eigenvalue weighted by Gasteiger charge is -2.22. The van der Waals surface area contributed by atoms with Crippen LogP contribution in [0.15, 0.2) is 47.4 Å². The first-order chi connectivity index (χ1) is 14.2. The van der Waals surface area contributed by atoms with E-state index in [-0.39, 0.29) is 5.43 Å². The van der Waals surface area contributed by atoms with Gasteiger partial charge in [-0.15, -0.1) is 0 Å². The number of nitrogens with zero attached hydrogens (tertiary/aromatic N) is 1. The van der Waals surface area contributed by atoms with Crippen LogP contribution >= 0.6 is 0 Å². The molecule has 2 aromatic carbocycles. The lowest BCUT2D eigenvalue weighted by Crippen LogP contribution is -2.15. The molecule has 1 aromatic heterocycles. The highest BCUT2D eigenvalue weighted by Crippen LogP contribution is 2.45. The highest BCUT2D eigenvalue weighted by atomic mass is 16.5. The number of pyridine rings is 1. The second-order valence-electron chi connectivity index (χ2n) is 7.71. The summed E-state index contributed by atoms with van der Waals surface area (Å²) in [6.07, 6.45) is 6.87. The van der Waals surface area contributed by atoms with Crippen LogP contribution in [-0.2, 0) is 12.8 Å². The second kappa shape index (κ2) is 8.19. The molecule has 0 radical (unpaired) electrons. The van der Waals surface area contributed by atoms with Crippen molar-refractivity contribution in [2.24, 2.45) is 0 Å². The lowest BCUT2D eigenvalue weighted by atomic mass is 10.0. The van der Waals surface area contributed by atoms with Crippen molar-refractivity contribution in [2.45, 2.75) is 45.1 Å². The number of nitrogen functional groups attached to an aromatic ring is 1. The zero-order valence-electron chi connectivity index (χ0n) is 17.2. The van der Waals surface area contributed by atoms with Gasteiger partial charge in [-0.25, -0.2) is 0 Å². The van der Waals surface area contributed by atoms with Crippen LogP contribution in [-0.4, -0.2) is 18.2 Å². The Bertz CT molecular complexity index is 1070. The van der Waals surface area contributed by atoms with Gasteiger partial charge in [-0.05, 0) is 37.7 Å². The summed E-state index contributed by atoms with van der Waals surface area (Å²) in [5, 5.41) is 4.16. The molecular weight excluding hydrogens is 362 g/mol. The summed E-state index contributed by atoms with van der Waals surface area (Å²) in [4.78, 5) is 12.7. The molecule has 1 fully saturated rings. The summed E-state index contributed by atoms with van der Waals surface area (Å²) < 4.78 is 8.03. The van der Waals surface area contributed by atoms with Crippen molar-refractivity contribution in [3.05, 3.63) is 63.9 Å². The van der Waals surface area contributed by atoms with E-state index in [1.54, 1.807) is 13.2 Å². The predicted molar refractivity (Wildman–Crippen MR) is 120 cm³/mol. The molecule has 0 saturated heterocycles. The van der Waals surface area contributed by atoms with Crippen molar-refractivity contribution in [2.75, 3.05) is 24.7 Å². The molecular formula is C24H29N3O2. The van der Waals surface area contributed by atoms with E-state index in [9.17, 15) is 4.79 Å². The Kier molecular flexibility index (Phi) is 5.47. The number of anilines is 2. The van der Waals surface area contributed by atoms with E-state index in [4.69, 9.17) is 10.5 Å². The highest BCUT2D eigenvalue weighted by Gasteiger charge is 2.28. The number of hydrogen-bond acceptors (Lipinski definition) is 4. The zero-order valence-corrected chi connectivity index (χ0v) is 17.2. The number of nitrogens with one attached hydrogen (secondary N) is 1. The molecule has 0 spiro atoms. The summed E-state index contributed by atoms with van der Waals surface area (Å²) >= 11 is 0. The molecule has 3 N–H and O–H groups in total. The summed E-state index contributed by atoms with van der Waals surface area (Å²) in [6, 6.07) is 12.5. The number of aryl methyl sites for hydroxylation is 1. The molecule has 0 unspecified atom stereocenters. The Morgan fingerprint density at radius 3 is 2.62 bits per heavy atom. The van der Waals surface area contributed by atoms with Crippen molar-refractivity contribution in [1.29, 1.82) is 0 Å². The van der Waals surface area contributed by atoms with Crippen LogP contribution in [0.1, 0.15) is 43.4 Å². The maximum absolute atomic E-state index is 12.7. The average molecular weight is 392 g/mol. The molecule has 1 heterocycles. The Labute approximate surface area is 171 Å². The third kappa shape index (κ3) is 3.69. The van der Waals surface area contributed by atoms with Gasteiger partial charge in [0.25, 0.3) is 0 Å². The third-order valence-electron chi connectivity index (χ3n) is 5.75. The van der Waals surface area contributed by atoms with E-state index in [1.807, 2.05) is 12.3 Å². The van der Waals surface area contributed by atoms with Crippen molar-refractivity contribution in [1.82, 2.24) is 4.57 Å². The molecule has 4 rings (SSSR count). The normalized spacial score (nSPS) is 13.6. The van der Waals surface area contributed by atoms with E-state index < -0.39 is 0 Å². The number of nitrogens with two attached hydrogens (primary N) is 1. The van der Waals surface area contributed by atoms with Crippen LogP contribution in [0.25, 0.3) is 10.9 Å². The fourth-order valence-electron chi connectivity index (χ4n) is 4.14. The minimum atomic E-state index is -0.0435. The van der Waals surface area contributed by atoms with Gasteiger partial charge in [0, 0.05) is 30.4 Å². The van der Waals surface area contributed by atoms with Gasteiger partial charge < -0.3 is 20.4 Å². The van der Waals surface area contributed by atoms with E-state index in [1.165, 1.54) is 5.56 Å². The van der Waals surface area contributed by atoms with Gasteiger partial charge in [0.1, 0.15) is 0 Å².